The van der Waals surface area contributed by atoms with Crippen molar-refractivity contribution < 1.29 is 23.7 Å². The SMILES string of the molecule is Cc1cc(C)c(C(=O)P(=O)(CC(=O)OC(C)(C)C)C(=O)c2c(C)cc(C)cc2C)c(C)c1. The molecule has 0 radical (unpaired) electrons. The smallest absolute Gasteiger partial charge is 0.314 e. The number of hydrogen-bond donors (Lipinski definition) is 0. The van der Waals surface area contributed by atoms with Crippen LogP contribution in [0.1, 0.15) is 74.9 Å². The van der Waals surface area contributed by atoms with E-state index in [1.165, 1.54) is 0 Å². The van der Waals surface area contributed by atoms with E-state index in [4.69, 9.17) is 4.74 Å². The molecule has 0 aliphatic carbocycles. The molecule has 0 heterocycles. The van der Waals surface area contributed by atoms with Crippen LogP contribution >= 0.6 is 7.14 Å². The molecular formula is C26H33O5P. The van der Waals surface area contributed by atoms with Gasteiger partial charge in [-0.05, 0) is 84.6 Å². The second-order valence-corrected chi connectivity index (χ2v) is 12.3. The molecule has 0 bridgehead atoms. The minimum atomic E-state index is -4.38. The molecule has 0 atom stereocenters. The lowest BCUT2D eigenvalue weighted by atomic mass is 10.0. The van der Waals surface area contributed by atoms with Crippen LogP contribution in [0.15, 0.2) is 24.3 Å². The quantitative estimate of drug-likeness (QED) is 0.381. The van der Waals surface area contributed by atoms with Crippen molar-refractivity contribution in [1.29, 1.82) is 0 Å². The van der Waals surface area contributed by atoms with Crippen LogP contribution in [-0.4, -0.2) is 28.8 Å². The van der Waals surface area contributed by atoms with E-state index in [2.05, 4.69) is 0 Å². The van der Waals surface area contributed by atoms with Crippen LogP contribution in [0.4, 0.5) is 0 Å². The summed E-state index contributed by atoms with van der Waals surface area (Å²) in [5.41, 5.74) is 2.47. The first kappa shape index (κ1) is 25.7. The van der Waals surface area contributed by atoms with Crippen molar-refractivity contribution in [3.05, 3.63) is 68.8 Å². The van der Waals surface area contributed by atoms with Gasteiger partial charge in [0.1, 0.15) is 11.8 Å². The van der Waals surface area contributed by atoms with Gasteiger partial charge in [-0.1, -0.05) is 35.4 Å². The molecule has 0 aromatic heterocycles. The van der Waals surface area contributed by atoms with E-state index in [1.54, 1.807) is 48.5 Å². The summed E-state index contributed by atoms with van der Waals surface area (Å²) >= 11 is 0. The van der Waals surface area contributed by atoms with Crippen LogP contribution < -0.4 is 0 Å². The van der Waals surface area contributed by atoms with Crippen molar-refractivity contribution in [2.24, 2.45) is 0 Å². The molecule has 2 aromatic rings. The molecular weight excluding hydrogens is 423 g/mol. The van der Waals surface area contributed by atoms with Gasteiger partial charge in [0.25, 0.3) is 0 Å². The molecule has 0 fully saturated rings. The first-order valence-corrected chi connectivity index (χ1v) is 12.5. The van der Waals surface area contributed by atoms with Crippen molar-refractivity contribution in [1.82, 2.24) is 0 Å². The van der Waals surface area contributed by atoms with E-state index in [-0.39, 0.29) is 11.1 Å². The van der Waals surface area contributed by atoms with Gasteiger partial charge in [-0.25, -0.2) is 0 Å². The number of aryl methyl sites for hydroxylation is 6. The molecule has 172 valence electrons. The highest BCUT2D eigenvalue weighted by Gasteiger charge is 2.45. The lowest BCUT2D eigenvalue weighted by Gasteiger charge is -2.23. The molecule has 0 unspecified atom stereocenters. The highest BCUT2D eigenvalue weighted by Crippen LogP contribution is 2.53. The van der Waals surface area contributed by atoms with E-state index in [0.29, 0.717) is 22.3 Å². The van der Waals surface area contributed by atoms with Gasteiger partial charge >= 0.3 is 5.97 Å². The Morgan fingerprint density at radius 2 is 1.03 bits per heavy atom. The van der Waals surface area contributed by atoms with Crippen molar-refractivity contribution in [3.8, 4) is 0 Å². The molecule has 0 aliphatic heterocycles. The van der Waals surface area contributed by atoms with Crippen LogP contribution in [0.25, 0.3) is 0 Å². The van der Waals surface area contributed by atoms with Gasteiger partial charge in [-0.3, -0.25) is 14.4 Å². The van der Waals surface area contributed by atoms with Crippen molar-refractivity contribution >= 4 is 24.2 Å². The van der Waals surface area contributed by atoms with Gasteiger partial charge in [-0.15, -0.1) is 0 Å². The Morgan fingerprint density at radius 1 is 0.719 bits per heavy atom. The van der Waals surface area contributed by atoms with Crippen LogP contribution in [0.2, 0.25) is 0 Å². The highest BCUT2D eigenvalue weighted by molar-refractivity contribution is 7.96. The van der Waals surface area contributed by atoms with E-state index in [9.17, 15) is 18.9 Å². The Hall–Kier alpha value is -2.52. The van der Waals surface area contributed by atoms with Crippen LogP contribution in [0.3, 0.4) is 0 Å². The molecule has 5 nitrogen and oxygen atoms in total. The minimum absolute atomic E-state index is 0.234. The average molecular weight is 457 g/mol. The topological polar surface area (TPSA) is 77.5 Å². The predicted octanol–water partition coefficient (Wildman–Crippen LogP) is 6.22. The largest absolute Gasteiger partial charge is 0.460 e. The van der Waals surface area contributed by atoms with Crippen molar-refractivity contribution in [3.63, 3.8) is 0 Å². The van der Waals surface area contributed by atoms with E-state index < -0.39 is 35.9 Å². The van der Waals surface area contributed by atoms with E-state index in [1.807, 2.05) is 38.1 Å². The summed E-state index contributed by atoms with van der Waals surface area (Å²) < 4.78 is 19.6. The van der Waals surface area contributed by atoms with Gasteiger partial charge < -0.3 is 9.30 Å². The summed E-state index contributed by atoms with van der Waals surface area (Å²) in [6.45, 7) is 15.8. The molecule has 0 amide bonds. The fourth-order valence-corrected chi connectivity index (χ4v) is 6.51. The van der Waals surface area contributed by atoms with Gasteiger partial charge in [0.2, 0.25) is 18.2 Å². The number of carbonyl (C=O) groups excluding carboxylic acids is 3. The lowest BCUT2D eigenvalue weighted by molar-refractivity contribution is -0.151. The highest BCUT2D eigenvalue weighted by atomic mass is 31.2. The minimum Gasteiger partial charge on any atom is -0.460 e. The zero-order valence-corrected chi connectivity index (χ0v) is 21.4. The molecule has 0 N–H and O–H groups in total. The summed E-state index contributed by atoms with van der Waals surface area (Å²) in [7, 11) is -4.38. The third-order valence-electron chi connectivity index (χ3n) is 5.21. The summed E-state index contributed by atoms with van der Waals surface area (Å²) in [5.74, 6) is -0.827. The maximum atomic E-state index is 14.3. The zero-order valence-electron chi connectivity index (χ0n) is 20.5. The summed E-state index contributed by atoms with van der Waals surface area (Å²) in [6.07, 6.45) is -0.762. The number of carbonyl (C=O) groups is 3. The molecule has 2 rings (SSSR count). The van der Waals surface area contributed by atoms with Gasteiger partial charge in [-0.2, -0.15) is 0 Å². The number of esters is 1. The standard InChI is InChI=1S/C26H33O5P/c1-15-10-17(3)22(18(4)11-15)24(28)32(30,14-21(27)31-26(7,8)9)25(29)23-19(5)12-16(2)13-20(23)6/h10-13H,14H2,1-9H3. The van der Waals surface area contributed by atoms with Gasteiger partial charge in [0, 0.05) is 11.1 Å². The fraction of sp³-hybridized carbons (Fsp3) is 0.423. The average Bonchev–Trinajstić information content (AvgIpc) is 2.57. The predicted molar refractivity (Wildman–Crippen MR) is 128 cm³/mol. The van der Waals surface area contributed by atoms with Gasteiger partial charge in [0.05, 0.1) is 0 Å². The molecule has 32 heavy (non-hydrogen) atoms. The Labute approximate surface area is 190 Å². The normalized spacial score (nSPS) is 11.9. The van der Waals surface area contributed by atoms with Crippen LogP contribution in [-0.2, 0) is 14.1 Å². The first-order valence-electron chi connectivity index (χ1n) is 10.6. The van der Waals surface area contributed by atoms with Crippen molar-refractivity contribution in [2.75, 3.05) is 6.16 Å². The molecule has 2 aromatic carbocycles. The maximum absolute atomic E-state index is 14.3. The third kappa shape index (κ3) is 5.45. The van der Waals surface area contributed by atoms with E-state index >= 15 is 0 Å². The lowest BCUT2D eigenvalue weighted by Crippen LogP contribution is -2.28. The zero-order chi connectivity index (χ0) is 24.6. The Balaban J connectivity index is 2.71. The van der Waals surface area contributed by atoms with Gasteiger partial charge in [0.15, 0.2) is 0 Å². The molecule has 0 saturated carbocycles. The monoisotopic (exact) mass is 456 g/mol. The number of rotatable bonds is 6. The van der Waals surface area contributed by atoms with Crippen LogP contribution in [0.5, 0.6) is 0 Å². The summed E-state index contributed by atoms with van der Waals surface area (Å²) in [6, 6.07) is 7.24. The molecule has 6 heteroatoms. The Kier molecular flexibility index (Phi) is 7.36. The maximum Gasteiger partial charge on any atom is 0.314 e. The fourth-order valence-electron chi connectivity index (χ4n) is 4.19. The number of hydrogen-bond acceptors (Lipinski definition) is 5. The first-order chi connectivity index (χ1) is 14.6. The second kappa shape index (κ2) is 9.15. The molecule has 0 spiro atoms. The Morgan fingerprint density at radius 3 is 1.31 bits per heavy atom. The summed E-state index contributed by atoms with van der Waals surface area (Å²) in [5, 5.41) is 0. The third-order valence-corrected chi connectivity index (χ3v) is 7.67. The van der Waals surface area contributed by atoms with Crippen LogP contribution in [0, 0.1) is 41.5 Å². The molecule has 0 aliphatic rings. The second-order valence-electron chi connectivity index (χ2n) is 9.64. The number of ether oxygens (including phenoxy) is 1. The number of benzene rings is 2. The summed E-state index contributed by atoms with van der Waals surface area (Å²) in [4.78, 5) is 40.2. The van der Waals surface area contributed by atoms with E-state index in [0.717, 1.165) is 11.1 Å². The molecule has 0 saturated heterocycles. The Bertz CT molecular complexity index is 1030. The van der Waals surface area contributed by atoms with Crippen molar-refractivity contribution in [2.45, 2.75) is 67.9 Å².